The van der Waals surface area contributed by atoms with Crippen molar-refractivity contribution >= 4 is 28.7 Å². The summed E-state index contributed by atoms with van der Waals surface area (Å²) in [6, 6.07) is 5.15. The average molecular weight is 423 g/mol. The van der Waals surface area contributed by atoms with Crippen LogP contribution in [0.4, 0.5) is 15.8 Å². The second-order valence-corrected chi connectivity index (χ2v) is 7.80. The van der Waals surface area contributed by atoms with Crippen molar-refractivity contribution < 1.29 is 14.0 Å². The number of aromatic nitrogens is 3. The molecule has 2 aliphatic heterocycles. The highest BCUT2D eigenvalue weighted by molar-refractivity contribution is 6.02. The minimum absolute atomic E-state index is 0.0220. The molecule has 0 bridgehead atoms. The van der Waals surface area contributed by atoms with Gasteiger partial charge in [-0.2, -0.15) is 9.49 Å². The van der Waals surface area contributed by atoms with E-state index in [0.29, 0.717) is 31.7 Å². The van der Waals surface area contributed by atoms with E-state index in [9.17, 15) is 14.0 Å². The van der Waals surface area contributed by atoms with Crippen LogP contribution in [-0.2, 0) is 17.8 Å². The second kappa shape index (κ2) is 7.62. The lowest BCUT2D eigenvalue weighted by atomic mass is 10.1. The molecule has 0 radical (unpaired) electrons. The van der Waals surface area contributed by atoms with E-state index in [1.54, 1.807) is 12.3 Å². The molecule has 2 aliphatic rings. The molecule has 0 spiro atoms. The van der Waals surface area contributed by atoms with Crippen molar-refractivity contribution in [2.24, 2.45) is 0 Å². The zero-order valence-electron chi connectivity index (χ0n) is 17.1. The third-order valence-electron chi connectivity index (χ3n) is 5.78. The van der Waals surface area contributed by atoms with Crippen LogP contribution in [0.5, 0.6) is 0 Å². The predicted molar refractivity (Wildman–Crippen MR) is 113 cm³/mol. The molecule has 1 fully saturated rings. The molecule has 0 aliphatic carbocycles. The first-order chi connectivity index (χ1) is 15.0. The number of halogens is 1. The summed E-state index contributed by atoms with van der Waals surface area (Å²) < 4.78 is 16.3. The van der Waals surface area contributed by atoms with Crippen LogP contribution in [0, 0.1) is 5.95 Å². The van der Waals surface area contributed by atoms with Crippen LogP contribution in [0.1, 0.15) is 21.6 Å². The smallest absolute Gasteiger partial charge is 0.269 e. The van der Waals surface area contributed by atoms with Gasteiger partial charge in [-0.3, -0.25) is 14.5 Å². The molecule has 0 unspecified atom stereocenters. The van der Waals surface area contributed by atoms with Gasteiger partial charge in [0.25, 0.3) is 5.91 Å². The van der Waals surface area contributed by atoms with Gasteiger partial charge in [-0.1, -0.05) is 0 Å². The summed E-state index contributed by atoms with van der Waals surface area (Å²) in [6.07, 6.45) is 4.10. The Hall–Kier alpha value is -3.53. The maximum Gasteiger partial charge on any atom is 0.269 e. The number of carbonyl (C=O) groups excluding carboxylic acids is 2. The fourth-order valence-corrected chi connectivity index (χ4v) is 4.24. The van der Waals surface area contributed by atoms with Crippen LogP contribution < -0.4 is 15.5 Å². The van der Waals surface area contributed by atoms with E-state index >= 15 is 0 Å². The van der Waals surface area contributed by atoms with Crippen LogP contribution in [0.2, 0.25) is 0 Å². The molecule has 5 rings (SSSR count). The van der Waals surface area contributed by atoms with Gasteiger partial charge in [0, 0.05) is 51.5 Å². The van der Waals surface area contributed by atoms with Gasteiger partial charge in [-0.25, -0.2) is 9.50 Å². The summed E-state index contributed by atoms with van der Waals surface area (Å²) in [5, 5.41) is 9.77. The van der Waals surface area contributed by atoms with Crippen LogP contribution in [0.3, 0.4) is 0 Å². The molecule has 2 N–H and O–H groups in total. The molecule has 10 heteroatoms. The van der Waals surface area contributed by atoms with E-state index in [1.165, 1.54) is 13.1 Å². The van der Waals surface area contributed by atoms with Gasteiger partial charge in [0.15, 0.2) is 0 Å². The molecule has 1 saturated heterocycles. The first-order valence-electron chi connectivity index (χ1n) is 10.2. The highest BCUT2D eigenvalue weighted by atomic mass is 19.1. The summed E-state index contributed by atoms with van der Waals surface area (Å²) in [7, 11) is 1.49. The van der Waals surface area contributed by atoms with Crippen molar-refractivity contribution in [3.8, 4) is 0 Å². The Morgan fingerprint density at radius 1 is 1.26 bits per heavy atom. The van der Waals surface area contributed by atoms with E-state index in [2.05, 4.69) is 25.6 Å². The van der Waals surface area contributed by atoms with Crippen molar-refractivity contribution in [2.75, 3.05) is 43.4 Å². The Labute approximate surface area is 177 Å². The Kier molecular flexibility index (Phi) is 4.78. The van der Waals surface area contributed by atoms with E-state index in [0.717, 1.165) is 35.4 Å². The van der Waals surface area contributed by atoms with Crippen molar-refractivity contribution in [2.45, 2.75) is 13.0 Å². The summed E-state index contributed by atoms with van der Waals surface area (Å²) >= 11 is 0. The summed E-state index contributed by atoms with van der Waals surface area (Å²) in [5.41, 5.74) is 4.22. The number of amides is 2. The molecular weight excluding hydrogens is 401 g/mol. The lowest BCUT2D eigenvalue weighted by molar-refractivity contribution is -0.115. The zero-order chi connectivity index (χ0) is 21.5. The minimum Gasteiger partial charge on any atom is -0.365 e. The van der Waals surface area contributed by atoms with Crippen molar-refractivity contribution in [1.82, 2.24) is 24.8 Å². The molecule has 5 heterocycles. The van der Waals surface area contributed by atoms with Crippen LogP contribution >= 0.6 is 0 Å². The van der Waals surface area contributed by atoms with Gasteiger partial charge < -0.3 is 15.5 Å². The number of pyridine rings is 2. The minimum atomic E-state index is -0.635. The number of carbonyl (C=O) groups is 2. The highest BCUT2D eigenvalue weighted by Crippen LogP contribution is 2.28. The lowest BCUT2D eigenvalue weighted by Gasteiger charge is -2.36. The normalized spacial score (nSPS) is 16.5. The van der Waals surface area contributed by atoms with Gasteiger partial charge in [-0.15, -0.1) is 0 Å². The number of nitrogens with zero attached hydrogens (tertiary/aromatic N) is 5. The zero-order valence-corrected chi connectivity index (χ0v) is 17.1. The van der Waals surface area contributed by atoms with E-state index in [1.807, 2.05) is 21.7 Å². The molecule has 2 amide bonds. The Morgan fingerprint density at radius 2 is 2.06 bits per heavy atom. The average Bonchev–Trinajstić information content (AvgIpc) is 3.17. The summed E-state index contributed by atoms with van der Waals surface area (Å²) in [4.78, 5) is 31.6. The molecule has 9 nitrogen and oxygen atoms in total. The van der Waals surface area contributed by atoms with Gasteiger partial charge >= 0.3 is 0 Å². The Bertz CT molecular complexity index is 1180. The number of anilines is 2. The van der Waals surface area contributed by atoms with Crippen LogP contribution in [0.15, 0.2) is 30.6 Å². The van der Waals surface area contributed by atoms with Gasteiger partial charge in [0.1, 0.15) is 5.69 Å². The number of nitrogens with one attached hydrogen (secondary N) is 2. The standard InChI is InChI=1S/C21H22FN7O2/c1-23-21(31)15-2-3-17(20(22)26-15)28-6-4-27(5-7-28)11-13-8-16-19-14(9-18(30)25-16)10-24-29(19)12-13/h2-3,8,10,12H,4-7,9,11H2,1H3,(H,23,31)(H,25,30). The van der Waals surface area contributed by atoms with Crippen molar-refractivity contribution in [1.29, 1.82) is 0 Å². The largest absolute Gasteiger partial charge is 0.365 e. The first-order valence-corrected chi connectivity index (χ1v) is 10.2. The lowest BCUT2D eigenvalue weighted by Crippen LogP contribution is -2.46. The van der Waals surface area contributed by atoms with E-state index in [4.69, 9.17) is 0 Å². The Morgan fingerprint density at radius 3 is 2.81 bits per heavy atom. The summed E-state index contributed by atoms with van der Waals surface area (Å²) in [6.45, 7) is 3.50. The molecule has 3 aromatic heterocycles. The van der Waals surface area contributed by atoms with Gasteiger partial charge in [0.2, 0.25) is 11.9 Å². The molecule has 0 saturated carbocycles. The quantitative estimate of drug-likeness (QED) is 0.609. The number of piperazine rings is 1. The first kappa shape index (κ1) is 19.4. The van der Waals surface area contributed by atoms with E-state index in [-0.39, 0.29) is 11.6 Å². The second-order valence-electron chi connectivity index (χ2n) is 7.80. The van der Waals surface area contributed by atoms with E-state index < -0.39 is 11.9 Å². The number of hydrogen-bond acceptors (Lipinski definition) is 6. The molecule has 31 heavy (non-hydrogen) atoms. The third-order valence-corrected chi connectivity index (χ3v) is 5.78. The van der Waals surface area contributed by atoms with Crippen LogP contribution in [-0.4, -0.2) is 64.5 Å². The fourth-order valence-electron chi connectivity index (χ4n) is 4.24. The molecule has 0 atom stereocenters. The van der Waals surface area contributed by atoms with Gasteiger partial charge in [-0.05, 0) is 23.8 Å². The van der Waals surface area contributed by atoms with Gasteiger partial charge in [0.05, 0.1) is 29.5 Å². The molecule has 0 aromatic carbocycles. The van der Waals surface area contributed by atoms with Crippen molar-refractivity contribution in [3.63, 3.8) is 0 Å². The highest BCUT2D eigenvalue weighted by Gasteiger charge is 2.23. The van der Waals surface area contributed by atoms with Crippen LogP contribution in [0.25, 0.3) is 5.52 Å². The maximum absolute atomic E-state index is 14.5. The SMILES string of the molecule is CNC(=O)c1ccc(N2CCN(Cc3cc4c5c(cnn5c3)CC(=O)N4)CC2)c(F)n1. The maximum atomic E-state index is 14.5. The third kappa shape index (κ3) is 3.59. The molecule has 160 valence electrons. The number of hydrogen-bond donors (Lipinski definition) is 2. The number of rotatable bonds is 4. The Balaban J connectivity index is 1.27. The molecule has 3 aromatic rings. The monoisotopic (exact) mass is 423 g/mol. The summed E-state index contributed by atoms with van der Waals surface area (Å²) in [5.74, 6) is -1.07. The van der Waals surface area contributed by atoms with Crippen molar-refractivity contribution in [3.05, 3.63) is 53.4 Å². The predicted octanol–water partition coefficient (Wildman–Crippen LogP) is 1.04. The topological polar surface area (TPSA) is 94.9 Å². The fraction of sp³-hybridized carbons (Fsp3) is 0.333. The molecular formula is C21H22FN7O2.